The molecule has 2 nitrogen and oxygen atoms in total. The fraction of sp³-hybridized carbons (Fsp3) is 0.944. The number of hydrogen-bond acceptors (Lipinski definition) is 2. The van der Waals surface area contributed by atoms with E-state index in [0.29, 0.717) is 6.61 Å². The minimum Gasteiger partial charge on any atom is -0.466 e. The highest BCUT2D eigenvalue weighted by molar-refractivity contribution is 5.72. The highest BCUT2D eigenvalue weighted by Gasteiger charge is 2.37. The van der Waals surface area contributed by atoms with Gasteiger partial charge in [-0.1, -0.05) is 32.6 Å². The second-order valence-corrected chi connectivity index (χ2v) is 6.96. The summed E-state index contributed by atoms with van der Waals surface area (Å²) in [5.41, 5.74) is 0. The van der Waals surface area contributed by atoms with Gasteiger partial charge in [-0.2, -0.15) is 0 Å². The number of hydrogen-bond donors (Lipinski definition) is 0. The van der Waals surface area contributed by atoms with Crippen molar-refractivity contribution >= 4 is 5.97 Å². The summed E-state index contributed by atoms with van der Waals surface area (Å²) in [6, 6.07) is 0. The maximum absolute atomic E-state index is 11.9. The molecule has 0 aromatic carbocycles. The van der Waals surface area contributed by atoms with Crippen LogP contribution in [0.2, 0.25) is 0 Å². The monoisotopic (exact) mass is 280 g/mol. The molecular formula is C18H32O2. The van der Waals surface area contributed by atoms with E-state index in [1.54, 1.807) is 0 Å². The number of ether oxygens (including phenoxy) is 1. The third-order valence-corrected chi connectivity index (χ3v) is 5.55. The van der Waals surface area contributed by atoms with Crippen molar-refractivity contribution in [3.63, 3.8) is 0 Å². The third-order valence-electron chi connectivity index (χ3n) is 5.55. The quantitative estimate of drug-likeness (QED) is 0.507. The lowest BCUT2D eigenvalue weighted by Gasteiger charge is -2.14. The van der Waals surface area contributed by atoms with Crippen molar-refractivity contribution in [2.75, 3.05) is 6.61 Å². The fourth-order valence-corrected chi connectivity index (χ4v) is 4.43. The number of carbonyl (C=O) groups excluding carboxylic acids is 1. The van der Waals surface area contributed by atoms with Gasteiger partial charge in [-0.05, 0) is 63.2 Å². The van der Waals surface area contributed by atoms with E-state index < -0.39 is 0 Å². The maximum Gasteiger partial charge on any atom is 0.308 e. The zero-order valence-corrected chi connectivity index (χ0v) is 13.4. The van der Waals surface area contributed by atoms with E-state index in [2.05, 4.69) is 6.92 Å². The van der Waals surface area contributed by atoms with E-state index in [-0.39, 0.29) is 11.9 Å². The molecule has 0 heterocycles. The van der Waals surface area contributed by atoms with Gasteiger partial charge in [-0.3, -0.25) is 4.79 Å². The summed E-state index contributed by atoms with van der Waals surface area (Å²) in [5.74, 6) is 3.05. The van der Waals surface area contributed by atoms with Crippen LogP contribution in [-0.4, -0.2) is 12.6 Å². The number of fused-ring (bicyclic) bond motifs is 1. The number of carbonyl (C=O) groups is 1. The molecule has 2 rings (SSSR count). The van der Waals surface area contributed by atoms with E-state index in [1.165, 1.54) is 51.4 Å². The SMILES string of the molecule is CCCCCC1C[C@H]2CCC(C(=O)OCC)CC[C@H]2C1. The van der Waals surface area contributed by atoms with Gasteiger partial charge in [0.05, 0.1) is 12.5 Å². The second kappa shape index (κ2) is 8.05. The van der Waals surface area contributed by atoms with Gasteiger partial charge in [0.1, 0.15) is 0 Å². The van der Waals surface area contributed by atoms with E-state index in [0.717, 1.165) is 30.6 Å². The van der Waals surface area contributed by atoms with Crippen molar-refractivity contribution in [1.29, 1.82) is 0 Å². The third kappa shape index (κ3) is 4.23. The Morgan fingerprint density at radius 1 is 1.00 bits per heavy atom. The molecule has 0 amide bonds. The Labute approximate surface area is 124 Å². The molecule has 0 spiro atoms. The summed E-state index contributed by atoms with van der Waals surface area (Å²) in [4.78, 5) is 11.9. The summed E-state index contributed by atoms with van der Waals surface area (Å²) >= 11 is 0. The van der Waals surface area contributed by atoms with Crippen LogP contribution < -0.4 is 0 Å². The molecule has 2 aliphatic rings. The molecular weight excluding hydrogens is 248 g/mol. The molecule has 116 valence electrons. The van der Waals surface area contributed by atoms with Crippen molar-refractivity contribution in [1.82, 2.24) is 0 Å². The lowest BCUT2D eigenvalue weighted by Crippen LogP contribution is -2.17. The van der Waals surface area contributed by atoms with Gasteiger partial charge >= 0.3 is 5.97 Å². The topological polar surface area (TPSA) is 26.3 Å². The largest absolute Gasteiger partial charge is 0.466 e. The Kier molecular flexibility index (Phi) is 6.38. The van der Waals surface area contributed by atoms with Gasteiger partial charge in [0.2, 0.25) is 0 Å². The first-order valence-electron chi connectivity index (χ1n) is 8.91. The van der Waals surface area contributed by atoms with Crippen LogP contribution in [0.15, 0.2) is 0 Å². The normalized spacial score (nSPS) is 33.5. The fourth-order valence-electron chi connectivity index (χ4n) is 4.43. The molecule has 4 atom stereocenters. The van der Waals surface area contributed by atoms with Gasteiger partial charge < -0.3 is 4.74 Å². The maximum atomic E-state index is 11.9. The molecule has 0 aliphatic heterocycles. The first kappa shape index (κ1) is 15.9. The molecule has 2 unspecified atom stereocenters. The molecule has 2 fully saturated rings. The number of unbranched alkanes of at least 4 members (excludes halogenated alkanes) is 2. The molecule has 2 saturated carbocycles. The highest BCUT2D eigenvalue weighted by Crippen LogP contribution is 2.46. The van der Waals surface area contributed by atoms with Crippen LogP contribution in [0.1, 0.15) is 78.1 Å². The molecule has 0 radical (unpaired) electrons. The Balaban J connectivity index is 1.76. The highest BCUT2D eigenvalue weighted by atomic mass is 16.5. The van der Waals surface area contributed by atoms with Crippen molar-refractivity contribution in [2.24, 2.45) is 23.7 Å². The van der Waals surface area contributed by atoms with Crippen LogP contribution >= 0.6 is 0 Å². The smallest absolute Gasteiger partial charge is 0.308 e. The number of esters is 1. The molecule has 20 heavy (non-hydrogen) atoms. The zero-order valence-electron chi connectivity index (χ0n) is 13.4. The van der Waals surface area contributed by atoms with Gasteiger partial charge in [-0.25, -0.2) is 0 Å². The molecule has 2 heteroatoms. The van der Waals surface area contributed by atoms with Crippen LogP contribution in [0.3, 0.4) is 0 Å². The molecule has 0 N–H and O–H groups in total. The van der Waals surface area contributed by atoms with Crippen LogP contribution in [0.5, 0.6) is 0 Å². The van der Waals surface area contributed by atoms with E-state index >= 15 is 0 Å². The van der Waals surface area contributed by atoms with Gasteiger partial charge in [0, 0.05) is 0 Å². The van der Waals surface area contributed by atoms with Gasteiger partial charge in [-0.15, -0.1) is 0 Å². The predicted octanol–water partition coefficient (Wildman–Crippen LogP) is 4.96. The van der Waals surface area contributed by atoms with Crippen molar-refractivity contribution in [3.05, 3.63) is 0 Å². The van der Waals surface area contributed by atoms with E-state index in [9.17, 15) is 4.79 Å². The summed E-state index contributed by atoms with van der Waals surface area (Å²) in [6.07, 6.45) is 13.1. The lowest BCUT2D eigenvalue weighted by molar-refractivity contribution is -0.148. The van der Waals surface area contributed by atoms with Crippen LogP contribution in [-0.2, 0) is 9.53 Å². The molecule has 2 aliphatic carbocycles. The molecule has 0 bridgehead atoms. The minimum atomic E-state index is 0.0620. The Morgan fingerprint density at radius 3 is 2.20 bits per heavy atom. The van der Waals surface area contributed by atoms with Crippen molar-refractivity contribution in [3.8, 4) is 0 Å². The molecule has 0 aromatic rings. The van der Waals surface area contributed by atoms with Crippen molar-refractivity contribution < 1.29 is 9.53 Å². The number of rotatable bonds is 6. The first-order valence-corrected chi connectivity index (χ1v) is 8.91. The first-order chi connectivity index (χ1) is 9.74. The van der Waals surface area contributed by atoms with Crippen LogP contribution in [0.25, 0.3) is 0 Å². The van der Waals surface area contributed by atoms with Gasteiger partial charge in [0.25, 0.3) is 0 Å². The average Bonchev–Trinajstić information content (AvgIpc) is 2.71. The van der Waals surface area contributed by atoms with Crippen LogP contribution in [0.4, 0.5) is 0 Å². The standard InChI is InChI=1S/C18H32O2/c1-3-5-6-7-14-12-16-10-8-15(18(19)20-4-2)9-11-17(16)13-14/h14-17H,3-13H2,1-2H3/t14?,15?,16-,17+. The Hall–Kier alpha value is -0.530. The zero-order chi connectivity index (χ0) is 14.4. The van der Waals surface area contributed by atoms with E-state index in [1.807, 2.05) is 6.92 Å². The van der Waals surface area contributed by atoms with Crippen molar-refractivity contribution in [2.45, 2.75) is 78.1 Å². The summed E-state index contributed by atoms with van der Waals surface area (Å²) in [6.45, 7) is 4.72. The van der Waals surface area contributed by atoms with Gasteiger partial charge in [0.15, 0.2) is 0 Å². The Bertz CT molecular complexity index is 284. The minimum absolute atomic E-state index is 0.0620. The summed E-state index contributed by atoms with van der Waals surface area (Å²) < 4.78 is 5.21. The Morgan fingerprint density at radius 2 is 1.65 bits per heavy atom. The average molecular weight is 280 g/mol. The van der Waals surface area contributed by atoms with E-state index in [4.69, 9.17) is 4.74 Å². The molecule has 0 aromatic heterocycles. The molecule has 0 saturated heterocycles. The lowest BCUT2D eigenvalue weighted by atomic mass is 9.92. The predicted molar refractivity (Wildman–Crippen MR) is 82.4 cm³/mol. The van der Waals surface area contributed by atoms with Crippen LogP contribution in [0, 0.1) is 23.7 Å². The summed E-state index contributed by atoms with van der Waals surface area (Å²) in [7, 11) is 0. The summed E-state index contributed by atoms with van der Waals surface area (Å²) in [5, 5.41) is 0. The second-order valence-electron chi connectivity index (χ2n) is 6.96.